The fourth-order valence-corrected chi connectivity index (χ4v) is 5.53. The van der Waals surface area contributed by atoms with Gasteiger partial charge in [-0.15, -0.1) is 0 Å². The zero-order chi connectivity index (χ0) is 23.5. The second-order valence-electron chi connectivity index (χ2n) is 8.62. The van der Waals surface area contributed by atoms with Crippen LogP contribution in [-0.4, -0.2) is 13.0 Å². The molecule has 1 aliphatic carbocycles. The molecule has 0 heterocycles. The molecule has 1 aliphatic rings. The normalized spacial score (nSPS) is 14.0. The molecule has 166 valence electrons. The summed E-state index contributed by atoms with van der Waals surface area (Å²) in [5, 5.41) is 0. The van der Waals surface area contributed by atoms with Gasteiger partial charge >= 0.3 is 0 Å². The van der Waals surface area contributed by atoms with Gasteiger partial charge in [0, 0.05) is 11.4 Å². The minimum Gasteiger partial charge on any atom is -0.399 e. The lowest BCUT2D eigenvalue weighted by Crippen LogP contribution is -2.29. The highest BCUT2D eigenvalue weighted by atomic mass is 32.2. The van der Waals surface area contributed by atoms with Crippen molar-refractivity contribution in [3.05, 3.63) is 112 Å². The van der Waals surface area contributed by atoms with Crippen LogP contribution < -0.4 is 11.5 Å². The summed E-state index contributed by atoms with van der Waals surface area (Å²) in [4.78, 5) is -0.141. The first-order chi connectivity index (χ1) is 15.6. The van der Waals surface area contributed by atoms with Crippen LogP contribution in [-0.2, 0) is 15.5 Å². The number of benzene rings is 4. The van der Waals surface area contributed by atoms with E-state index in [0.717, 1.165) is 44.5 Å². The summed E-state index contributed by atoms with van der Waals surface area (Å²) in [5.41, 5.74) is 20.4. The largest absolute Gasteiger partial charge is 0.399 e. The van der Waals surface area contributed by atoms with Crippen LogP contribution in [0.2, 0.25) is 0 Å². The van der Waals surface area contributed by atoms with Crippen molar-refractivity contribution >= 4 is 21.5 Å². The number of hydrogen-bond acceptors (Lipinski definition) is 4. The molecule has 5 N–H and O–H groups in total. The second-order valence-corrected chi connectivity index (χ2v) is 10.0. The molecule has 0 saturated heterocycles. The Morgan fingerprint density at radius 2 is 1.24 bits per heavy atom. The molecule has 0 atom stereocenters. The molecule has 0 bridgehead atoms. The predicted octanol–water partition coefficient (Wildman–Crippen LogP) is 5.08. The molecule has 0 aliphatic heterocycles. The van der Waals surface area contributed by atoms with Crippen LogP contribution in [0, 0.1) is 13.8 Å². The van der Waals surface area contributed by atoms with E-state index in [2.05, 4.69) is 6.07 Å². The van der Waals surface area contributed by atoms with Crippen LogP contribution in [0.4, 0.5) is 11.4 Å². The van der Waals surface area contributed by atoms with Gasteiger partial charge in [-0.05, 0) is 82.6 Å². The van der Waals surface area contributed by atoms with Gasteiger partial charge in [0.2, 0.25) is 0 Å². The third-order valence-electron chi connectivity index (χ3n) is 6.72. The third-order valence-corrected chi connectivity index (χ3v) is 7.57. The van der Waals surface area contributed by atoms with Gasteiger partial charge in [-0.1, -0.05) is 54.6 Å². The van der Waals surface area contributed by atoms with Gasteiger partial charge in [0.05, 0.1) is 10.3 Å². The van der Waals surface area contributed by atoms with Gasteiger partial charge in [-0.25, -0.2) is 0 Å². The first-order valence-electron chi connectivity index (χ1n) is 10.6. The first-order valence-corrected chi connectivity index (χ1v) is 12.0. The van der Waals surface area contributed by atoms with E-state index in [1.807, 2.05) is 68.4 Å². The van der Waals surface area contributed by atoms with Gasteiger partial charge in [-0.2, -0.15) is 8.42 Å². The maximum atomic E-state index is 12.1. The van der Waals surface area contributed by atoms with Crippen LogP contribution in [0.3, 0.4) is 0 Å². The van der Waals surface area contributed by atoms with E-state index in [0.29, 0.717) is 11.4 Å². The number of nitrogen functional groups attached to an aromatic ring is 2. The first kappa shape index (κ1) is 21.2. The van der Waals surface area contributed by atoms with Crippen molar-refractivity contribution in [3.63, 3.8) is 0 Å². The van der Waals surface area contributed by atoms with Gasteiger partial charge in [0.25, 0.3) is 10.1 Å². The van der Waals surface area contributed by atoms with Gasteiger partial charge in [0.1, 0.15) is 0 Å². The number of fused-ring (bicyclic) bond motifs is 3. The molecule has 4 aromatic rings. The van der Waals surface area contributed by atoms with Gasteiger partial charge in [0.15, 0.2) is 0 Å². The van der Waals surface area contributed by atoms with E-state index >= 15 is 0 Å². The minimum absolute atomic E-state index is 0.141. The summed E-state index contributed by atoms with van der Waals surface area (Å²) in [6.07, 6.45) is 0. The van der Waals surface area contributed by atoms with Crippen LogP contribution in [0.1, 0.15) is 33.4 Å². The van der Waals surface area contributed by atoms with Crippen LogP contribution in [0.5, 0.6) is 0 Å². The van der Waals surface area contributed by atoms with Crippen molar-refractivity contribution in [1.29, 1.82) is 0 Å². The Balaban J connectivity index is 1.99. The van der Waals surface area contributed by atoms with Crippen molar-refractivity contribution in [3.8, 4) is 11.1 Å². The topological polar surface area (TPSA) is 106 Å². The molecule has 0 spiro atoms. The van der Waals surface area contributed by atoms with Crippen molar-refractivity contribution in [2.75, 3.05) is 11.5 Å². The van der Waals surface area contributed by atoms with Crippen molar-refractivity contribution < 1.29 is 13.0 Å². The SMILES string of the molecule is Cc1cc(C2(c3ccc(N)c(C)c3)c3ccccc3-c3ccc(S(=O)(=O)O)cc32)ccc1N. The number of hydrogen-bond donors (Lipinski definition) is 3. The van der Waals surface area contributed by atoms with Crippen molar-refractivity contribution in [2.24, 2.45) is 0 Å². The van der Waals surface area contributed by atoms with Crippen LogP contribution in [0.25, 0.3) is 11.1 Å². The maximum Gasteiger partial charge on any atom is 0.294 e. The summed E-state index contributed by atoms with van der Waals surface area (Å²) >= 11 is 0. The summed E-state index contributed by atoms with van der Waals surface area (Å²) in [5.74, 6) is 0. The Kier molecular flexibility index (Phi) is 4.64. The Morgan fingerprint density at radius 3 is 1.79 bits per heavy atom. The zero-order valence-corrected chi connectivity index (χ0v) is 19.1. The van der Waals surface area contributed by atoms with E-state index < -0.39 is 15.5 Å². The lowest BCUT2D eigenvalue weighted by molar-refractivity contribution is 0.483. The molecule has 5 rings (SSSR count). The molecule has 33 heavy (non-hydrogen) atoms. The number of aryl methyl sites for hydroxylation is 2. The number of rotatable bonds is 3. The zero-order valence-electron chi connectivity index (χ0n) is 18.3. The van der Waals surface area contributed by atoms with Crippen molar-refractivity contribution in [2.45, 2.75) is 24.2 Å². The fourth-order valence-electron chi connectivity index (χ4n) is 5.03. The molecular weight excluding hydrogens is 432 g/mol. The third kappa shape index (κ3) is 3.06. The smallest absolute Gasteiger partial charge is 0.294 e. The highest BCUT2D eigenvalue weighted by Crippen LogP contribution is 2.56. The van der Waals surface area contributed by atoms with Gasteiger partial charge < -0.3 is 11.5 Å². The Hall–Kier alpha value is -3.61. The molecular formula is C27H24N2O3S. The molecule has 0 radical (unpaired) electrons. The molecule has 0 unspecified atom stereocenters. The highest BCUT2D eigenvalue weighted by molar-refractivity contribution is 7.85. The molecule has 0 saturated carbocycles. The predicted molar refractivity (Wildman–Crippen MR) is 132 cm³/mol. The molecule has 0 aromatic heterocycles. The molecule has 0 amide bonds. The van der Waals surface area contributed by atoms with E-state index in [4.69, 9.17) is 11.5 Å². The van der Waals surface area contributed by atoms with E-state index in [9.17, 15) is 13.0 Å². The quantitative estimate of drug-likeness (QED) is 0.259. The van der Waals surface area contributed by atoms with E-state index in [1.165, 1.54) is 6.07 Å². The van der Waals surface area contributed by atoms with E-state index in [-0.39, 0.29) is 4.90 Å². The second kappa shape index (κ2) is 7.20. The number of nitrogens with two attached hydrogens (primary N) is 2. The lowest BCUT2D eigenvalue weighted by atomic mass is 9.67. The fraction of sp³-hybridized carbons (Fsp3) is 0.111. The summed E-state index contributed by atoms with van der Waals surface area (Å²) < 4.78 is 34.1. The Morgan fingerprint density at radius 1 is 0.697 bits per heavy atom. The summed E-state index contributed by atoms with van der Waals surface area (Å²) in [6, 6.07) is 24.7. The molecule has 5 nitrogen and oxygen atoms in total. The van der Waals surface area contributed by atoms with Crippen LogP contribution in [0.15, 0.2) is 83.8 Å². The summed E-state index contributed by atoms with van der Waals surface area (Å²) in [7, 11) is -4.40. The average Bonchev–Trinajstić information content (AvgIpc) is 3.08. The lowest BCUT2D eigenvalue weighted by Gasteiger charge is -2.34. The minimum atomic E-state index is -4.40. The molecule has 4 aromatic carbocycles. The molecule has 0 fully saturated rings. The highest BCUT2D eigenvalue weighted by Gasteiger charge is 2.46. The Labute approximate surface area is 193 Å². The standard InChI is InChI=1S/C27H24N2O3S/c1-16-13-18(7-11-25(16)28)27(19-8-12-26(29)17(2)14-19)23-6-4-3-5-21(23)22-10-9-20(15-24(22)27)33(30,31)32/h3-15H,28-29H2,1-2H3,(H,30,31,32). The summed E-state index contributed by atoms with van der Waals surface area (Å²) in [6.45, 7) is 3.91. The monoisotopic (exact) mass is 456 g/mol. The average molecular weight is 457 g/mol. The molecule has 6 heteroatoms. The van der Waals surface area contributed by atoms with E-state index in [1.54, 1.807) is 12.1 Å². The number of anilines is 2. The Bertz CT molecular complexity index is 1490. The van der Waals surface area contributed by atoms with Crippen molar-refractivity contribution in [1.82, 2.24) is 0 Å². The van der Waals surface area contributed by atoms with Crippen LogP contribution >= 0.6 is 0 Å². The van der Waals surface area contributed by atoms with Gasteiger partial charge in [-0.3, -0.25) is 4.55 Å². The maximum absolute atomic E-state index is 12.1.